The van der Waals surface area contributed by atoms with Crippen LogP contribution in [0.1, 0.15) is 40.0 Å². The Morgan fingerprint density at radius 2 is 1.89 bits per heavy atom. The normalized spacial score (nSPS) is 19.7. The molecule has 0 radical (unpaired) electrons. The van der Waals surface area contributed by atoms with Crippen LogP contribution in [0.3, 0.4) is 0 Å². The van der Waals surface area contributed by atoms with Crippen molar-refractivity contribution in [3.8, 4) is 0 Å². The topological polar surface area (TPSA) is 24.5 Å². The van der Waals surface area contributed by atoms with Crippen molar-refractivity contribution in [2.75, 3.05) is 39.9 Å². The summed E-state index contributed by atoms with van der Waals surface area (Å²) in [5, 5.41) is 3.57. The summed E-state index contributed by atoms with van der Waals surface area (Å²) in [6.07, 6.45) is 3.74. The van der Waals surface area contributed by atoms with Gasteiger partial charge in [-0.1, -0.05) is 13.8 Å². The summed E-state index contributed by atoms with van der Waals surface area (Å²) in [4.78, 5) is 2.50. The molecule has 1 fully saturated rings. The van der Waals surface area contributed by atoms with Gasteiger partial charge in [-0.05, 0) is 51.6 Å². The second-order valence-corrected chi connectivity index (χ2v) is 6.23. The molecule has 3 nitrogen and oxygen atoms in total. The van der Waals surface area contributed by atoms with E-state index in [2.05, 4.69) is 38.0 Å². The molecule has 18 heavy (non-hydrogen) atoms. The van der Waals surface area contributed by atoms with Crippen molar-refractivity contribution in [2.24, 2.45) is 11.8 Å². The van der Waals surface area contributed by atoms with Crippen molar-refractivity contribution < 1.29 is 4.74 Å². The lowest BCUT2D eigenvalue weighted by atomic mass is 9.99. The number of nitrogens with one attached hydrogen (secondary N) is 1. The van der Waals surface area contributed by atoms with E-state index in [-0.39, 0.29) is 0 Å². The fourth-order valence-corrected chi connectivity index (χ4v) is 2.37. The van der Waals surface area contributed by atoms with Crippen LogP contribution in [0.25, 0.3) is 0 Å². The van der Waals surface area contributed by atoms with Gasteiger partial charge in [0, 0.05) is 32.3 Å². The Kier molecular flexibility index (Phi) is 7.87. The van der Waals surface area contributed by atoms with Crippen molar-refractivity contribution in [2.45, 2.75) is 46.1 Å². The Balaban J connectivity index is 2.09. The quantitative estimate of drug-likeness (QED) is 0.675. The van der Waals surface area contributed by atoms with Gasteiger partial charge < -0.3 is 15.0 Å². The third kappa shape index (κ3) is 6.72. The molecule has 3 heteroatoms. The highest BCUT2D eigenvalue weighted by molar-refractivity contribution is 4.72. The van der Waals surface area contributed by atoms with Gasteiger partial charge in [0.25, 0.3) is 0 Å². The lowest BCUT2D eigenvalue weighted by Gasteiger charge is -2.31. The Morgan fingerprint density at radius 1 is 1.22 bits per heavy atom. The molecule has 0 bridgehead atoms. The molecule has 1 saturated heterocycles. The molecule has 1 aliphatic heterocycles. The van der Waals surface area contributed by atoms with E-state index in [1.54, 1.807) is 0 Å². The van der Waals surface area contributed by atoms with Crippen molar-refractivity contribution in [3.05, 3.63) is 0 Å². The van der Waals surface area contributed by atoms with Gasteiger partial charge in [-0.25, -0.2) is 0 Å². The van der Waals surface area contributed by atoms with E-state index in [4.69, 9.17) is 4.74 Å². The third-order valence-electron chi connectivity index (χ3n) is 3.98. The minimum atomic E-state index is 0.625. The van der Waals surface area contributed by atoms with Crippen LogP contribution in [0.5, 0.6) is 0 Å². The number of nitrogens with zero attached hydrogens (tertiary/aromatic N) is 1. The second-order valence-electron chi connectivity index (χ2n) is 6.23. The molecule has 108 valence electrons. The standard InChI is InChI=1S/C15H32N2O/c1-13(2)5-8-16-11-14(3)17(4)12-15-6-9-18-10-7-15/h13-16H,5-12H2,1-4H3. The Labute approximate surface area is 113 Å². The van der Waals surface area contributed by atoms with E-state index in [1.165, 1.54) is 25.8 Å². The molecule has 0 saturated carbocycles. The van der Waals surface area contributed by atoms with E-state index in [0.29, 0.717) is 6.04 Å². The smallest absolute Gasteiger partial charge is 0.0469 e. The predicted molar refractivity (Wildman–Crippen MR) is 78.0 cm³/mol. The van der Waals surface area contributed by atoms with Crippen molar-refractivity contribution in [1.82, 2.24) is 10.2 Å². The van der Waals surface area contributed by atoms with E-state index >= 15 is 0 Å². The molecular weight excluding hydrogens is 224 g/mol. The SMILES string of the molecule is CC(C)CCNCC(C)N(C)CC1CCOCC1. The maximum Gasteiger partial charge on any atom is 0.0469 e. The van der Waals surface area contributed by atoms with Gasteiger partial charge in [-0.3, -0.25) is 0 Å². The van der Waals surface area contributed by atoms with Crippen LogP contribution in [0.4, 0.5) is 0 Å². The summed E-state index contributed by atoms with van der Waals surface area (Å²) in [7, 11) is 2.25. The molecule has 1 N–H and O–H groups in total. The fraction of sp³-hybridized carbons (Fsp3) is 1.00. The predicted octanol–water partition coefficient (Wildman–Crippen LogP) is 2.37. The van der Waals surface area contributed by atoms with Crippen molar-refractivity contribution in [1.29, 1.82) is 0 Å². The molecule has 1 unspecified atom stereocenters. The summed E-state index contributed by atoms with van der Waals surface area (Å²) in [6, 6.07) is 0.625. The minimum Gasteiger partial charge on any atom is -0.381 e. The molecule has 0 aliphatic carbocycles. The molecule has 0 aromatic carbocycles. The highest BCUT2D eigenvalue weighted by Gasteiger charge is 2.18. The lowest BCUT2D eigenvalue weighted by Crippen LogP contribution is -2.41. The molecule has 1 heterocycles. The van der Waals surface area contributed by atoms with E-state index < -0.39 is 0 Å². The molecule has 0 aromatic heterocycles. The van der Waals surface area contributed by atoms with Crippen LogP contribution < -0.4 is 5.32 Å². The van der Waals surface area contributed by atoms with Crippen molar-refractivity contribution >= 4 is 0 Å². The fourth-order valence-electron chi connectivity index (χ4n) is 2.37. The van der Waals surface area contributed by atoms with Crippen LogP contribution in [-0.2, 0) is 4.74 Å². The van der Waals surface area contributed by atoms with Gasteiger partial charge >= 0.3 is 0 Å². The Bertz CT molecular complexity index is 203. The zero-order valence-corrected chi connectivity index (χ0v) is 12.7. The summed E-state index contributed by atoms with van der Waals surface area (Å²) in [5.41, 5.74) is 0. The van der Waals surface area contributed by atoms with Gasteiger partial charge in [0.2, 0.25) is 0 Å². The molecule has 1 rings (SSSR count). The number of ether oxygens (including phenoxy) is 1. The third-order valence-corrected chi connectivity index (χ3v) is 3.98. The summed E-state index contributed by atoms with van der Waals surface area (Å²) < 4.78 is 5.41. The van der Waals surface area contributed by atoms with Gasteiger partial charge in [0.1, 0.15) is 0 Å². The molecular formula is C15H32N2O. The van der Waals surface area contributed by atoms with E-state index in [1.807, 2.05) is 0 Å². The first-order valence-corrected chi connectivity index (χ1v) is 7.58. The van der Waals surface area contributed by atoms with Gasteiger partial charge in [-0.15, -0.1) is 0 Å². The maximum absolute atomic E-state index is 5.41. The highest BCUT2D eigenvalue weighted by atomic mass is 16.5. The molecule has 0 spiro atoms. The molecule has 1 atom stereocenters. The van der Waals surface area contributed by atoms with Crippen LogP contribution >= 0.6 is 0 Å². The number of hydrogen-bond acceptors (Lipinski definition) is 3. The number of hydrogen-bond donors (Lipinski definition) is 1. The van der Waals surface area contributed by atoms with Crippen LogP contribution in [0, 0.1) is 11.8 Å². The molecule has 0 aromatic rings. The van der Waals surface area contributed by atoms with E-state index in [9.17, 15) is 0 Å². The summed E-state index contributed by atoms with van der Waals surface area (Å²) in [5.74, 6) is 1.63. The Hall–Kier alpha value is -0.120. The monoisotopic (exact) mass is 256 g/mol. The Morgan fingerprint density at radius 3 is 2.50 bits per heavy atom. The molecule has 0 amide bonds. The number of likely N-dealkylation sites (N-methyl/N-ethyl adjacent to an activating group) is 1. The van der Waals surface area contributed by atoms with Gasteiger partial charge in [0.15, 0.2) is 0 Å². The van der Waals surface area contributed by atoms with Crippen LogP contribution in [0.2, 0.25) is 0 Å². The summed E-state index contributed by atoms with van der Waals surface area (Å²) in [6.45, 7) is 12.3. The average molecular weight is 256 g/mol. The first-order valence-electron chi connectivity index (χ1n) is 7.58. The maximum atomic E-state index is 5.41. The van der Waals surface area contributed by atoms with Crippen LogP contribution in [-0.4, -0.2) is 50.8 Å². The molecule has 1 aliphatic rings. The van der Waals surface area contributed by atoms with Crippen molar-refractivity contribution in [3.63, 3.8) is 0 Å². The second kappa shape index (κ2) is 8.89. The largest absolute Gasteiger partial charge is 0.381 e. The van der Waals surface area contributed by atoms with E-state index in [0.717, 1.165) is 38.1 Å². The van der Waals surface area contributed by atoms with Gasteiger partial charge in [-0.2, -0.15) is 0 Å². The summed E-state index contributed by atoms with van der Waals surface area (Å²) >= 11 is 0. The lowest BCUT2D eigenvalue weighted by molar-refractivity contribution is 0.0513. The number of rotatable bonds is 8. The zero-order chi connectivity index (χ0) is 13.4. The first-order chi connectivity index (χ1) is 8.59. The minimum absolute atomic E-state index is 0.625. The van der Waals surface area contributed by atoms with Crippen LogP contribution in [0.15, 0.2) is 0 Å². The zero-order valence-electron chi connectivity index (χ0n) is 12.7. The highest BCUT2D eigenvalue weighted by Crippen LogP contribution is 2.16. The van der Waals surface area contributed by atoms with Gasteiger partial charge in [0.05, 0.1) is 0 Å². The average Bonchev–Trinajstić information content (AvgIpc) is 2.35. The first kappa shape index (κ1) is 15.9.